The summed E-state index contributed by atoms with van der Waals surface area (Å²) in [6, 6.07) is 38.9. The Balaban J connectivity index is 0.00000243. The summed E-state index contributed by atoms with van der Waals surface area (Å²) in [4.78, 5) is 0. The standard InChI is InChI=1S/C48H58Si.2CH3.Hf/c1-29(2)37-19-38(30(3)4)22-41(21-37)45-17-13-15-35-25-43(27-47(35)45)49(33(9)10,34(11)12)44-26-36-16-14-18-46(48(36)28-44)42-23-39(31(5)6)20-40(24-42)32(7)8;;;/h13-34H,1-12H3;2*1H3;/q-2;2*-1;+4. The Morgan fingerprint density at radius 1 is 0.423 bits per heavy atom. The normalized spacial score (nSPS) is 12.0. The van der Waals surface area contributed by atoms with E-state index in [1.54, 1.807) is 10.4 Å². The fourth-order valence-electron chi connectivity index (χ4n) is 8.61. The van der Waals surface area contributed by atoms with E-state index in [0.717, 1.165) is 0 Å². The third-order valence-electron chi connectivity index (χ3n) is 11.5. The largest absolute Gasteiger partial charge is 4.00 e. The van der Waals surface area contributed by atoms with Gasteiger partial charge in [0.25, 0.3) is 0 Å². The van der Waals surface area contributed by atoms with Gasteiger partial charge in [0.1, 0.15) is 0 Å². The van der Waals surface area contributed by atoms with E-state index in [9.17, 15) is 0 Å². The Bertz CT molecular complexity index is 1890. The predicted molar refractivity (Wildman–Crippen MR) is 234 cm³/mol. The number of hydrogen-bond acceptors (Lipinski definition) is 0. The molecule has 0 aliphatic carbocycles. The van der Waals surface area contributed by atoms with Crippen molar-refractivity contribution in [1.82, 2.24) is 0 Å². The van der Waals surface area contributed by atoms with Gasteiger partial charge in [-0.3, -0.25) is 0 Å². The molecule has 0 saturated carbocycles. The molecule has 0 unspecified atom stereocenters. The van der Waals surface area contributed by atoms with Crippen molar-refractivity contribution in [2.75, 3.05) is 0 Å². The molecule has 0 atom stereocenters. The monoisotopic (exact) mass is 872 g/mol. The van der Waals surface area contributed by atoms with E-state index in [4.69, 9.17) is 0 Å². The first-order chi connectivity index (χ1) is 23.2. The minimum Gasteiger partial charge on any atom is -0.358 e. The zero-order valence-corrected chi connectivity index (χ0v) is 39.3. The third kappa shape index (κ3) is 7.86. The Morgan fingerprint density at radius 3 is 1.00 bits per heavy atom. The van der Waals surface area contributed by atoms with Crippen molar-refractivity contribution < 1.29 is 25.8 Å². The molecule has 0 fully saturated rings. The summed E-state index contributed by atoms with van der Waals surface area (Å²) in [7, 11) is -2.23. The van der Waals surface area contributed by atoms with Gasteiger partial charge in [-0.15, -0.1) is 68.3 Å². The molecular formula is C50H64HfSi. The van der Waals surface area contributed by atoms with Crippen LogP contribution in [0.1, 0.15) is 129 Å². The van der Waals surface area contributed by atoms with Crippen LogP contribution in [0.5, 0.6) is 0 Å². The molecule has 0 spiro atoms. The number of benzene rings is 4. The van der Waals surface area contributed by atoms with Gasteiger partial charge in [0.2, 0.25) is 0 Å². The van der Waals surface area contributed by atoms with Crippen LogP contribution in [0.15, 0.2) is 97.1 Å². The van der Waals surface area contributed by atoms with Gasteiger partial charge in [-0.05, 0) is 68.1 Å². The Kier molecular flexibility index (Phi) is 14.3. The van der Waals surface area contributed by atoms with Gasteiger partial charge < -0.3 is 14.9 Å². The molecule has 0 aromatic heterocycles. The summed E-state index contributed by atoms with van der Waals surface area (Å²) in [6.07, 6.45) is 0. The Hall–Kier alpha value is -2.81. The molecule has 6 aromatic rings. The molecule has 6 rings (SSSR count). The maximum atomic E-state index is 2.60. The molecule has 6 aromatic carbocycles. The van der Waals surface area contributed by atoms with Crippen molar-refractivity contribution in [3.8, 4) is 22.3 Å². The maximum absolute atomic E-state index is 2.60. The molecule has 0 saturated heterocycles. The van der Waals surface area contributed by atoms with Crippen molar-refractivity contribution >= 4 is 40.0 Å². The van der Waals surface area contributed by atoms with Gasteiger partial charge in [0, 0.05) is 0 Å². The van der Waals surface area contributed by atoms with E-state index in [-0.39, 0.29) is 40.7 Å². The van der Waals surface area contributed by atoms with Crippen molar-refractivity contribution in [2.45, 2.75) is 118 Å². The van der Waals surface area contributed by atoms with Crippen LogP contribution in [-0.4, -0.2) is 8.07 Å². The van der Waals surface area contributed by atoms with Gasteiger partial charge in [-0.25, -0.2) is 0 Å². The fraction of sp³-hybridized carbons (Fsp3) is 0.360. The van der Waals surface area contributed by atoms with Crippen molar-refractivity contribution in [1.29, 1.82) is 0 Å². The predicted octanol–water partition coefficient (Wildman–Crippen LogP) is 14.5. The second-order valence-electron chi connectivity index (χ2n) is 16.7. The summed E-state index contributed by atoms with van der Waals surface area (Å²) < 4.78 is 0. The first-order valence-corrected chi connectivity index (χ1v) is 21.1. The van der Waals surface area contributed by atoms with Gasteiger partial charge >= 0.3 is 25.8 Å². The molecule has 2 heteroatoms. The Morgan fingerprint density at radius 2 is 0.731 bits per heavy atom. The molecule has 52 heavy (non-hydrogen) atoms. The first-order valence-electron chi connectivity index (χ1n) is 18.9. The third-order valence-corrected chi connectivity index (χ3v) is 17.7. The molecule has 0 aliphatic heterocycles. The molecule has 0 radical (unpaired) electrons. The van der Waals surface area contributed by atoms with Gasteiger partial charge in [0.05, 0.1) is 8.07 Å². The van der Waals surface area contributed by atoms with E-state index in [2.05, 4.69) is 180 Å². The van der Waals surface area contributed by atoms with E-state index < -0.39 is 8.07 Å². The van der Waals surface area contributed by atoms with Crippen LogP contribution in [0.4, 0.5) is 0 Å². The van der Waals surface area contributed by atoms with Crippen LogP contribution < -0.4 is 10.4 Å². The molecule has 0 N–H and O–H groups in total. The number of rotatable bonds is 10. The second kappa shape index (κ2) is 17.1. The minimum absolute atomic E-state index is 0. The van der Waals surface area contributed by atoms with Crippen LogP contribution in [0.3, 0.4) is 0 Å². The minimum atomic E-state index is -2.23. The molecule has 0 bridgehead atoms. The summed E-state index contributed by atoms with van der Waals surface area (Å²) in [5, 5.41) is 8.68. The van der Waals surface area contributed by atoms with Crippen molar-refractivity contribution in [3.63, 3.8) is 0 Å². The van der Waals surface area contributed by atoms with Crippen LogP contribution in [0.2, 0.25) is 11.1 Å². The van der Waals surface area contributed by atoms with Gasteiger partial charge in [-0.1, -0.05) is 143 Å². The van der Waals surface area contributed by atoms with Crippen LogP contribution in [-0.2, 0) is 25.8 Å². The molecule has 272 valence electrons. The average Bonchev–Trinajstić information content (AvgIpc) is 3.69. The molecule has 0 aliphatic rings. The summed E-state index contributed by atoms with van der Waals surface area (Å²) in [5.74, 6) is 1.98. The zero-order valence-electron chi connectivity index (χ0n) is 34.7. The van der Waals surface area contributed by atoms with Crippen LogP contribution >= 0.6 is 0 Å². The summed E-state index contributed by atoms with van der Waals surface area (Å²) in [6.45, 7) is 28.5. The van der Waals surface area contributed by atoms with Crippen molar-refractivity contribution in [3.05, 3.63) is 134 Å². The molecule has 0 heterocycles. The summed E-state index contributed by atoms with van der Waals surface area (Å²) >= 11 is 0. The average molecular weight is 872 g/mol. The van der Waals surface area contributed by atoms with E-state index >= 15 is 0 Å². The number of hydrogen-bond donors (Lipinski definition) is 0. The summed E-state index contributed by atoms with van der Waals surface area (Å²) in [5.41, 5.74) is 12.2. The van der Waals surface area contributed by atoms with Crippen molar-refractivity contribution in [2.24, 2.45) is 0 Å². The van der Waals surface area contributed by atoms with E-state index in [1.807, 2.05) is 0 Å². The van der Waals surface area contributed by atoms with E-state index in [0.29, 0.717) is 34.8 Å². The molecule has 0 nitrogen and oxygen atoms in total. The van der Waals surface area contributed by atoms with Crippen LogP contribution in [0, 0.1) is 14.9 Å². The fourth-order valence-corrected chi connectivity index (χ4v) is 14.5. The van der Waals surface area contributed by atoms with E-state index in [1.165, 1.54) is 66.1 Å². The number of fused-ring (bicyclic) bond motifs is 2. The SMILES string of the molecule is CC(C)c1cc(-c2cccc3[cH-]c([Si](c4cc5c(-c6cc(C(C)C)cc(C(C)C)c6)cccc5[cH-]4)(C(C)C)C(C)C)cc23)cc(C(C)C)c1.[CH3-].[CH3-].[Hf+4]. The second-order valence-corrected chi connectivity index (χ2v) is 21.9. The smallest absolute Gasteiger partial charge is 0.358 e. The van der Waals surface area contributed by atoms with Gasteiger partial charge in [-0.2, -0.15) is 12.1 Å². The Labute approximate surface area is 338 Å². The zero-order chi connectivity index (χ0) is 35.4. The first kappa shape index (κ1) is 43.6. The molecule has 0 amide bonds. The topological polar surface area (TPSA) is 0 Å². The quantitative estimate of drug-likeness (QED) is 0.0950. The van der Waals surface area contributed by atoms with Gasteiger partial charge in [0.15, 0.2) is 0 Å². The molecular weight excluding hydrogens is 807 g/mol. The van der Waals surface area contributed by atoms with Crippen LogP contribution in [0.25, 0.3) is 43.8 Å². The maximum Gasteiger partial charge on any atom is 4.00 e.